The Morgan fingerprint density at radius 3 is 2.56 bits per heavy atom. The molecule has 1 rings (SSSR count). The number of nitrogens with zero attached hydrogens (tertiary/aromatic N) is 3. The minimum Gasteiger partial charge on any atom is -0.465 e. The third kappa shape index (κ3) is 3.73. The van der Waals surface area contributed by atoms with Gasteiger partial charge in [0.15, 0.2) is 5.16 Å². The molecule has 6 heteroatoms. The maximum atomic E-state index is 11.7. The number of esters is 1. The van der Waals surface area contributed by atoms with Crippen molar-refractivity contribution in [1.82, 2.24) is 14.8 Å². The van der Waals surface area contributed by atoms with Crippen molar-refractivity contribution in [2.75, 3.05) is 6.61 Å². The van der Waals surface area contributed by atoms with Crippen LogP contribution in [0.3, 0.4) is 0 Å². The molecule has 1 aromatic rings. The van der Waals surface area contributed by atoms with E-state index in [4.69, 9.17) is 4.74 Å². The van der Waals surface area contributed by atoms with Crippen molar-refractivity contribution in [3.63, 3.8) is 0 Å². The van der Waals surface area contributed by atoms with Gasteiger partial charge in [0.25, 0.3) is 0 Å². The van der Waals surface area contributed by atoms with Gasteiger partial charge in [-0.15, -0.1) is 10.2 Å². The highest BCUT2D eigenvalue weighted by Crippen LogP contribution is 2.24. The van der Waals surface area contributed by atoms with Gasteiger partial charge in [0, 0.05) is 13.0 Å². The highest BCUT2D eigenvalue weighted by atomic mass is 32.2. The van der Waals surface area contributed by atoms with Crippen LogP contribution in [0.25, 0.3) is 0 Å². The molecule has 0 saturated carbocycles. The second-order valence-corrected chi connectivity index (χ2v) is 5.79. The lowest BCUT2D eigenvalue weighted by Crippen LogP contribution is -2.18. The van der Waals surface area contributed by atoms with Crippen molar-refractivity contribution in [2.24, 2.45) is 7.05 Å². The van der Waals surface area contributed by atoms with Gasteiger partial charge in [0.1, 0.15) is 11.1 Å². The first-order valence-corrected chi connectivity index (χ1v) is 7.07. The van der Waals surface area contributed by atoms with Crippen molar-refractivity contribution >= 4 is 17.7 Å². The zero-order valence-electron chi connectivity index (χ0n) is 11.6. The highest BCUT2D eigenvalue weighted by Gasteiger charge is 2.20. The van der Waals surface area contributed by atoms with Gasteiger partial charge >= 0.3 is 5.97 Å². The summed E-state index contributed by atoms with van der Waals surface area (Å²) in [5, 5.41) is 8.72. The van der Waals surface area contributed by atoms with Gasteiger partial charge in [-0.05, 0) is 13.3 Å². The normalized spacial score (nSPS) is 12.8. The van der Waals surface area contributed by atoms with Crippen molar-refractivity contribution in [3.8, 4) is 0 Å². The van der Waals surface area contributed by atoms with E-state index in [2.05, 4.69) is 24.0 Å². The molecule has 0 bridgehead atoms. The fourth-order valence-electron chi connectivity index (χ4n) is 1.46. The van der Waals surface area contributed by atoms with Crippen LogP contribution in [0, 0.1) is 0 Å². The molecule has 0 aliphatic rings. The molecule has 0 aromatic carbocycles. The Morgan fingerprint density at radius 1 is 1.39 bits per heavy atom. The summed E-state index contributed by atoms with van der Waals surface area (Å²) in [5.41, 5.74) is 0. The number of aromatic nitrogens is 3. The summed E-state index contributed by atoms with van der Waals surface area (Å²) in [6.07, 6.45) is 0.838. The number of hydrogen-bond acceptors (Lipinski definition) is 5. The van der Waals surface area contributed by atoms with Crippen LogP contribution in [0.1, 0.15) is 45.9 Å². The van der Waals surface area contributed by atoms with Gasteiger partial charge in [0.2, 0.25) is 0 Å². The predicted molar refractivity (Wildman–Crippen MR) is 71.7 cm³/mol. The second-order valence-electron chi connectivity index (χ2n) is 4.48. The maximum absolute atomic E-state index is 11.7. The Balaban J connectivity index is 2.64. The van der Waals surface area contributed by atoms with Crippen LogP contribution in [0.4, 0.5) is 0 Å². The van der Waals surface area contributed by atoms with Crippen LogP contribution >= 0.6 is 11.8 Å². The molecular weight excluding hydrogens is 250 g/mol. The third-order valence-corrected chi connectivity index (χ3v) is 3.56. The van der Waals surface area contributed by atoms with Gasteiger partial charge in [-0.1, -0.05) is 32.5 Å². The Hall–Kier alpha value is -1.04. The van der Waals surface area contributed by atoms with Crippen LogP contribution in [0.15, 0.2) is 5.16 Å². The van der Waals surface area contributed by atoms with E-state index in [0.29, 0.717) is 12.5 Å². The number of hydrogen-bond donors (Lipinski definition) is 0. The number of carbonyl (C=O) groups is 1. The summed E-state index contributed by atoms with van der Waals surface area (Å²) in [4.78, 5) is 11.7. The molecule has 1 heterocycles. The second kappa shape index (κ2) is 6.78. The molecule has 0 fully saturated rings. The summed E-state index contributed by atoms with van der Waals surface area (Å²) in [6.45, 7) is 8.41. The van der Waals surface area contributed by atoms with Crippen LogP contribution in [0.5, 0.6) is 0 Å². The van der Waals surface area contributed by atoms with Gasteiger partial charge in [-0.2, -0.15) is 0 Å². The number of thioether (sulfide) groups is 1. The van der Waals surface area contributed by atoms with E-state index in [9.17, 15) is 4.79 Å². The predicted octanol–water partition coefficient (Wildman–Crippen LogP) is 2.37. The average molecular weight is 271 g/mol. The monoisotopic (exact) mass is 271 g/mol. The smallest absolute Gasteiger partial charge is 0.319 e. The van der Waals surface area contributed by atoms with Gasteiger partial charge in [-0.25, -0.2) is 0 Å². The van der Waals surface area contributed by atoms with Crippen LogP contribution < -0.4 is 0 Å². The lowest BCUT2D eigenvalue weighted by molar-refractivity contribution is -0.142. The first-order valence-electron chi connectivity index (χ1n) is 6.19. The van der Waals surface area contributed by atoms with Crippen molar-refractivity contribution in [3.05, 3.63) is 5.82 Å². The first-order chi connectivity index (χ1) is 8.47. The topological polar surface area (TPSA) is 57.0 Å². The minimum atomic E-state index is -0.264. The van der Waals surface area contributed by atoms with Crippen LogP contribution in [-0.4, -0.2) is 32.6 Å². The molecule has 0 amide bonds. The maximum Gasteiger partial charge on any atom is 0.319 e. The molecule has 0 aliphatic carbocycles. The molecule has 102 valence electrons. The fourth-order valence-corrected chi connectivity index (χ4v) is 2.28. The Morgan fingerprint density at radius 2 is 2.06 bits per heavy atom. The molecule has 1 unspecified atom stereocenters. The third-order valence-electron chi connectivity index (χ3n) is 2.45. The standard InChI is InChI=1S/C12H21N3O2S/c1-6-7-17-11(16)9(4)18-12-14-13-10(8(2)3)15(12)5/h8-9H,6-7H2,1-5H3. The molecular formula is C12H21N3O2S. The summed E-state index contributed by atoms with van der Waals surface area (Å²) in [6, 6.07) is 0. The van der Waals surface area contributed by atoms with E-state index in [1.165, 1.54) is 11.8 Å². The summed E-state index contributed by atoms with van der Waals surface area (Å²) >= 11 is 1.38. The van der Waals surface area contributed by atoms with Crippen molar-refractivity contribution in [1.29, 1.82) is 0 Å². The lowest BCUT2D eigenvalue weighted by Gasteiger charge is -2.10. The average Bonchev–Trinajstić information content (AvgIpc) is 2.68. The van der Waals surface area contributed by atoms with Gasteiger partial charge < -0.3 is 9.30 Å². The molecule has 0 spiro atoms. The molecule has 0 saturated heterocycles. The van der Waals surface area contributed by atoms with Crippen LogP contribution in [-0.2, 0) is 16.6 Å². The van der Waals surface area contributed by atoms with E-state index in [1.807, 2.05) is 25.5 Å². The van der Waals surface area contributed by atoms with Gasteiger partial charge in [-0.3, -0.25) is 4.79 Å². The number of carbonyl (C=O) groups excluding carboxylic acids is 1. The Kier molecular flexibility index (Phi) is 5.65. The fraction of sp³-hybridized carbons (Fsp3) is 0.750. The van der Waals surface area contributed by atoms with Crippen LogP contribution in [0.2, 0.25) is 0 Å². The SMILES string of the molecule is CCCOC(=O)C(C)Sc1nnc(C(C)C)n1C. The van der Waals surface area contributed by atoms with E-state index in [-0.39, 0.29) is 11.2 Å². The Bertz CT molecular complexity index is 404. The van der Waals surface area contributed by atoms with Crippen molar-refractivity contribution < 1.29 is 9.53 Å². The molecule has 1 aromatic heterocycles. The number of rotatable bonds is 6. The summed E-state index contributed by atoms with van der Waals surface area (Å²) in [5.74, 6) is 1.04. The number of ether oxygens (including phenoxy) is 1. The molecule has 0 radical (unpaired) electrons. The van der Waals surface area contributed by atoms with Crippen molar-refractivity contribution in [2.45, 2.75) is 50.4 Å². The molecule has 18 heavy (non-hydrogen) atoms. The van der Waals surface area contributed by atoms with Gasteiger partial charge in [0.05, 0.1) is 6.61 Å². The lowest BCUT2D eigenvalue weighted by atomic mass is 10.2. The molecule has 0 aliphatic heterocycles. The molecule has 5 nitrogen and oxygen atoms in total. The molecule has 1 atom stereocenters. The zero-order chi connectivity index (χ0) is 13.7. The Labute approximate surface area is 112 Å². The van der Waals surface area contributed by atoms with E-state index in [0.717, 1.165) is 17.4 Å². The summed E-state index contributed by atoms with van der Waals surface area (Å²) < 4.78 is 7.03. The van der Waals surface area contributed by atoms with E-state index in [1.54, 1.807) is 0 Å². The largest absolute Gasteiger partial charge is 0.465 e. The quantitative estimate of drug-likeness (QED) is 0.587. The zero-order valence-corrected chi connectivity index (χ0v) is 12.5. The first kappa shape index (κ1) is 15.0. The van der Waals surface area contributed by atoms with E-state index >= 15 is 0 Å². The molecule has 0 N–H and O–H groups in total. The van der Waals surface area contributed by atoms with E-state index < -0.39 is 0 Å². The summed E-state index contributed by atoms with van der Waals surface area (Å²) in [7, 11) is 1.92. The highest BCUT2D eigenvalue weighted by molar-refractivity contribution is 8.00. The minimum absolute atomic E-state index is 0.198.